The molecule has 0 radical (unpaired) electrons. The Hall–Kier alpha value is -1.76. The summed E-state index contributed by atoms with van der Waals surface area (Å²) < 4.78 is 13.0. The predicted molar refractivity (Wildman–Crippen MR) is 152 cm³/mol. The first-order chi connectivity index (χ1) is 16.2. The summed E-state index contributed by atoms with van der Waals surface area (Å²) in [5, 5.41) is 3.75. The Morgan fingerprint density at radius 1 is 0.857 bits per heavy atom. The number of ether oxygens (including phenoxy) is 2. The monoisotopic (exact) mass is 580 g/mol. The number of piperidine rings is 1. The van der Waals surface area contributed by atoms with Crippen LogP contribution in [-0.2, 0) is 19.7 Å². The Kier molecular flexibility index (Phi) is 12.9. The molecule has 0 amide bonds. The Morgan fingerprint density at radius 3 is 2.11 bits per heavy atom. The molecule has 0 spiro atoms. The SMILES string of the molecule is CCOc1cc(CNC2CCN(Cc3ccccc3)CC2)cc(Br)c1OCc1ccccc1.Cl.Cl. The van der Waals surface area contributed by atoms with Gasteiger partial charge in [0.2, 0.25) is 0 Å². The molecule has 1 N–H and O–H groups in total. The van der Waals surface area contributed by atoms with Crippen LogP contribution in [0.4, 0.5) is 0 Å². The number of nitrogens with one attached hydrogen (secondary N) is 1. The molecule has 1 aliphatic rings. The smallest absolute Gasteiger partial charge is 0.175 e. The van der Waals surface area contributed by atoms with E-state index in [1.807, 2.05) is 25.1 Å². The van der Waals surface area contributed by atoms with Crippen molar-refractivity contribution in [2.75, 3.05) is 19.7 Å². The van der Waals surface area contributed by atoms with Crippen LogP contribution in [0.2, 0.25) is 0 Å². The molecule has 4 nitrogen and oxygen atoms in total. The highest BCUT2D eigenvalue weighted by molar-refractivity contribution is 9.10. The predicted octanol–water partition coefficient (Wildman–Crippen LogP) is 7.02. The molecule has 0 saturated carbocycles. The molecular weight excluding hydrogens is 547 g/mol. The fraction of sp³-hybridized carbons (Fsp3) is 0.357. The van der Waals surface area contributed by atoms with Crippen molar-refractivity contribution in [3.63, 3.8) is 0 Å². The summed E-state index contributed by atoms with van der Waals surface area (Å²) in [4.78, 5) is 2.55. The first kappa shape index (κ1) is 29.5. The molecule has 3 aromatic carbocycles. The van der Waals surface area contributed by atoms with Crippen LogP contribution in [0.25, 0.3) is 0 Å². The average molecular weight is 582 g/mol. The van der Waals surface area contributed by atoms with Crippen molar-refractivity contribution in [1.29, 1.82) is 0 Å². The first-order valence-corrected chi connectivity index (χ1v) is 12.6. The standard InChI is InChI=1S/C28H33BrN2O2.2ClH/c1-2-32-27-18-24(17-26(29)28(27)33-21-23-11-7-4-8-12-23)19-30-25-13-15-31(16-14-25)20-22-9-5-3-6-10-22;;/h3-12,17-18,25,30H,2,13-16,19-21H2,1H3;2*1H. The molecule has 1 saturated heterocycles. The van der Waals surface area contributed by atoms with Gasteiger partial charge in [0.15, 0.2) is 11.5 Å². The molecular formula is C28H35BrCl2N2O2. The third-order valence-electron chi connectivity index (χ3n) is 6.03. The van der Waals surface area contributed by atoms with Gasteiger partial charge in [-0.3, -0.25) is 4.90 Å². The third-order valence-corrected chi connectivity index (χ3v) is 6.62. The summed E-state index contributed by atoms with van der Waals surface area (Å²) in [6.07, 6.45) is 2.34. The minimum atomic E-state index is 0. The van der Waals surface area contributed by atoms with Gasteiger partial charge in [-0.2, -0.15) is 0 Å². The lowest BCUT2D eigenvalue weighted by molar-refractivity contribution is 0.190. The van der Waals surface area contributed by atoms with Gasteiger partial charge in [-0.05, 0) is 77.6 Å². The Morgan fingerprint density at radius 2 is 1.49 bits per heavy atom. The molecule has 1 fully saturated rings. The summed E-state index contributed by atoms with van der Waals surface area (Å²) in [6, 6.07) is 25.7. The number of nitrogens with zero attached hydrogens (tertiary/aromatic N) is 1. The zero-order valence-electron chi connectivity index (χ0n) is 20.1. The summed E-state index contributed by atoms with van der Waals surface area (Å²) in [5.41, 5.74) is 3.73. The van der Waals surface area contributed by atoms with Crippen molar-refractivity contribution in [3.05, 3.63) is 94.0 Å². The lowest BCUT2D eigenvalue weighted by atomic mass is 10.0. The van der Waals surface area contributed by atoms with Crippen molar-refractivity contribution in [2.45, 2.75) is 45.5 Å². The highest BCUT2D eigenvalue weighted by atomic mass is 79.9. The van der Waals surface area contributed by atoms with E-state index < -0.39 is 0 Å². The van der Waals surface area contributed by atoms with Crippen LogP contribution in [0, 0.1) is 0 Å². The Balaban J connectivity index is 0.00000216. The third kappa shape index (κ3) is 9.00. The van der Waals surface area contributed by atoms with Gasteiger partial charge >= 0.3 is 0 Å². The van der Waals surface area contributed by atoms with Gasteiger partial charge in [0.1, 0.15) is 6.61 Å². The highest BCUT2D eigenvalue weighted by Crippen LogP contribution is 2.37. The highest BCUT2D eigenvalue weighted by Gasteiger charge is 2.19. The van der Waals surface area contributed by atoms with E-state index in [0.717, 1.165) is 47.7 Å². The zero-order chi connectivity index (χ0) is 22.9. The molecule has 4 rings (SSSR count). The average Bonchev–Trinajstić information content (AvgIpc) is 2.85. The Bertz CT molecular complexity index is 1000. The van der Waals surface area contributed by atoms with Gasteiger partial charge in [-0.1, -0.05) is 60.7 Å². The van der Waals surface area contributed by atoms with E-state index in [9.17, 15) is 0 Å². The molecule has 1 aliphatic heterocycles. The van der Waals surface area contributed by atoms with Crippen molar-refractivity contribution in [3.8, 4) is 11.5 Å². The number of hydrogen-bond acceptors (Lipinski definition) is 4. The second kappa shape index (κ2) is 15.4. The van der Waals surface area contributed by atoms with Crippen LogP contribution in [0.5, 0.6) is 11.5 Å². The summed E-state index contributed by atoms with van der Waals surface area (Å²) in [5.74, 6) is 1.55. The second-order valence-corrected chi connectivity index (χ2v) is 9.38. The minimum absolute atomic E-state index is 0. The van der Waals surface area contributed by atoms with Gasteiger partial charge in [-0.25, -0.2) is 0 Å². The van der Waals surface area contributed by atoms with Crippen LogP contribution in [0.15, 0.2) is 77.3 Å². The molecule has 0 atom stereocenters. The quantitative estimate of drug-likeness (QED) is 0.279. The van der Waals surface area contributed by atoms with Crippen LogP contribution < -0.4 is 14.8 Å². The minimum Gasteiger partial charge on any atom is -0.490 e. The molecule has 35 heavy (non-hydrogen) atoms. The van der Waals surface area contributed by atoms with Crippen LogP contribution in [0.1, 0.15) is 36.5 Å². The molecule has 3 aromatic rings. The first-order valence-electron chi connectivity index (χ1n) is 11.8. The van der Waals surface area contributed by atoms with Crippen LogP contribution >= 0.6 is 40.7 Å². The van der Waals surface area contributed by atoms with E-state index in [-0.39, 0.29) is 24.8 Å². The molecule has 1 heterocycles. The molecule has 0 aromatic heterocycles. The van der Waals surface area contributed by atoms with Gasteiger partial charge in [0, 0.05) is 19.1 Å². The lowest BCUT2D eigenvalue weighted by Crippen LogP contribution is -2.41. The fourth-order valence-corrected chi connectivity index (χ4v) is 4.86. The number of halogens is 3. The second-order valence-electron chi connectivity index (χ2n) is 8.53. The van der Waals surface area contributed by atoms with Gasteiger partial charge in [0.25, 0.3) is 0 Å². The Labute approximate surface area is 230 Å². The van der Waals surface area contributed by atoms with Crippen molar-refractivity contribution >= 4 is 40.7 Å². The van der Waals surface area contributed by atoms with Crippen molar-refractivity contribution < 1.29 is 9.47 Å². The van der Waals surface area contributed by atoms with E-state index in [0.29, 0.717) is 19.3 Å². The van der Waals surface area contributed by atoms with E-state index >= 15 is 0 Å². The van der Waals surface area contributed by atoms with Gasteiger partial charge in [0.05, 0.1) is 11.1 Å². The summed E-state index contributed by atoms with van der Waals surface area (Å²) >= 11 is 3.71. The van der Waals surface area contributed by atoms with Gasteiger partial charge < -0.3 is 14.8 Å². The number of likely N-dealkylation sites (tertiary alicyclic amines) is 1. The lowest BCUT2D eigenvalue weighted by Gasteiger charge is -2.32. The fourth-order valence-electron chi connectivity index (χ4n) is 4.26. The largest absolute Gasteiger partial charge is 0.490 e. The topological polar surface area (TPSA) is 33.7 Å². The summed E-state index contributed by atoms with van der Waals surface area (Å²) in [7, 11) is 0. The maximum absolute atomic E-state index is 6.12. The number of rotatable bonds is 10. The van der Waals surface area contributed by atoms with Crippen molar-refractivity contribution in [2.24, 2.45) is 0 Å². The molecule has 7 heteroatoms. The van der Waals surface area contributed by atoms with E-state index in [4.69, 9.17) is 9.47 Å². The van der Waals surface area contributed by atoms with Gasteiger partial charge in [-0.15, -0.1) is 24.8 Å². The zero-order valence-corrected chi connectivity index (χ0v) is 23.3. The van der Waals surface area contributed by atoms with Crippen LogP contribution in [0.3, 0.4) is 0 Å². The van der Waals surface area contributed by atoms with E-state index in [2.05, 4.69) is 80.7 Å². The maximum atomic E-state index is 6.12. The molecule has 0 aliphatic carbocycles. The molecule has 0 unspecified atom stereocenters. The molecule has 190 valence electrons. The maximum Gasteiger partial charge on any atom is 0.175 e. The summed E-state index contributed by atoms with van der Waals surface area (Å²) in [6.45, 7) is 7.25. The molecule has 0 bridgehead atoms. The van der Waals surface area contributed by atoms with Crippen molar-refractivity contribution in [1.82, 2.24) is 10.2 Å². The van der Waals surface area contributed by atoms with E-state index in [1.165, 1.54) is 24.0 Å². The normalized spacial score (nSPS) is 14.0. The number of hydrogen-bond donors (Lipinski definition) is 1. The van der Waals surface area contributed by atoms with E-state index in [1.54, 1.807) is 0 Å². The number of benzene rings is 3. The van der Waals surface area contributed by atoms with Crippen LogP contribution in [-0.4, -0.2) is 30.6 Å².